The summed E-state index contributed by atoms with van der Waals surface area (Å²) in [6, 6.07) is 7.95. The number of hydrogen-bond acceptors (Lipinski definition) is 4. The molecular weight excluding hydrogens is 336 g/mol. The van der Waals surface area contributed by atoms with E-state index in [0.29, 0.717) is 13.2 Å². The molecule has 6 nitrogen and oxygen atoms in total. The summed E-state index contributed by atoms with van der Waals surface area (Å²) in [7, 11) is 1.67. The molecule has 0 saturated carbocycles. The predicted octanol–water partition coefficient (Wildman–Crippen LogP) is 1.33. The number of anilines is 1. The first-order valence-electron chi connectivity index (χ1n) is 8.76. The number of carbonyl (C=O) groups is 1. The van der Waals surface area contributed by atoms with Crippen LogP contribution in [0.2, 0.25) is 0 Å². The quantitative estimate of drug-likeness (QED) is 0.562. The van der Waals surface area contributed by atoms with E-state index in [4.69, 9.17) is 17.0 Å². The van der Waals surface area contributed by atoms with E-state index in [1.807, 2.05) is 24.3 Å². The highest BCUT2D eigenvalue weighted by atomic mass is 32.1. The van der Waals surface area contributed by atoms with Crippen LogP contribution in [0.15, 0.2) is 24.3 Å². The van der Waals surface area contributed by atoms with E-state index in [2.05, 4.69) is 27.4 Å². The van der Waals surface area contributed by atoms with Gasteiger partial charge in [0.1, 0.15) is 0 Å². The monoisotopic (exact) mass is 364 g/mol. The molecule has 138 valence electrons. The number of methoxy groups -OCH3 is 1. The maximum Gasteiger partial charge on any atom is 0.238 e. The van der Waals surface area contributed by atoms with Gasteiger partial charge >= 0.3 is 0 Å². The third-order valence-electron chi connectivity index (χ3n) is 4.28. The molecule has 0 aromatic heterocycles. The summed E-state index contributed by atoms with van der Waals surface area (Å²) in [5.41, 5.74) is 2.07. The van der Waals surface area contributed by atoms with Crippen molar-refractivity contribution in [2.24, 2.45) is 0 Å². The Bertz CT molecular complexity index is 574. The van der Waals surface area contributed by atoms with Crippen molar-refractivity contribution < 1.29 is 9.53 Å². The Balaban J connectivity index is 1.74. The van der Waals surface area contributed by atoms with E-state index in [-0.39, 0.29) is 5.91 Å². The van der Waals surface area contributed by atoms with Crippen molar-refractivity contribution in [2.45, 2.75) is 13.3 Å². The summed E-state index contributed by atoms with van der Waals surface area (Å²) in [5.74, 6) is 0.0372. The molecule has 0 aliphatic carbocycles. The molecule has 1 aromatic carbocycles. The SMILES string of the molecule is CCc1ccccc1NC(=O)CN1CCN(C(=S)NCCOC)CC1. The number of hydrogen-bond donors (Lipinski definition) is 2. The fourth-order valence-corrected chi connectivity index (χ4v) is 3.11. The zero-order valence-electron chi connectivity index (χ0n) is 15.1. The van der Waals surface area contributed by atoms with Crippen LogP contribution in [0.5, 0.6) is 0 Å². The molecule has 1 fully saturated rings. The molecule has 0 bridgehead atoms. The second-order valence-corrected chi connectivity index (χ2v) is 6.43. The number of nitrogens with zero attached hydrogens (tertiary/aromatic N) is 2. The van der Waals surface area contributed by atoms with E-state index in [0.717, 1.165) is 55.5 Å². The van der Waals surface area contributed by atoms with Crippen LogP contribution in [0.25, 0.3) is 0 Å². The third-order valence-corrected chi connectivity index (χ3v) is 4.68. The fourth-order valence-electron chi connectivity index (χ4n) is 2.82. The highest BCUT2D eigenvalue weighted by molar-refractivity contribution is 7.80. The van der Waals surface area contributed by atoms with Crippen LogP contribution in [0.3, 0.4) is 0 Å². The Morgan fingerprint density at radius 3 is 2.64 bits per heavy atom. The molecular formula is C18H28N4O2S. The van der Waals surface area contributed by atoms with Crippen molar-refractivity contribution in [3.8, 4) is 0 Å². The fraction of sp³-hybridized carbons (Fsp3) is 0.556. The molecule has 0 radical (unpaired) electrons. The molecule has 7 heteroatoms. The highest BCUT2D eigenvalue weighted by Gasteiger charge is 2.20. The Kier molecular flexibility index (Phi) is 8.11. The molecule has 2 N–H and O–H groups in total. The lowest BCUT2D eigenvalue weighted by Crippen LogP contribution is -2.53. The van der Waals surface area contributed by atoms with Gasteiger partial charge in [0, 0.05) is 45.5 Å². The van der Waals surface area contributed by atoms with Crippen LogP contribution < -0.4 is 10.6 Å². The van der Waals surface area contributed by atoms with Crippen molar-refractivity contribution in [3.63, 3.8) is 0 Å². The number of carbonyl (C=O) groups excluding carboxylic acids is 1. The van der Waals surface area contributed by atoms with Gasteiger partial charge in [-0.05, 0) is 30.3 Å². The van der Waals surface area contributed by atoms with Gasteiger partial charge < -0.3 is 20.3 Å². The number of ether oxygens (including phenoxy) is 1. The molecule has 2 rings (SSSR count). The van der Waals surface area contributed by atoms with Crippen LogP contribution in [-0.2, 0) is 16.0 Å². The predicted molar refractivity (Wildman–Crippen MR) is 105 cm³/mol. The van der Waals surface area contributed by atoms with Gasteiger partial charge in [-0.25, -0.2) is 0 Å². The van der Waals surface area contributed by atoms with E-state index in [1.165, 1.54) is 0 Å². The van der Waals surface area contributed by atoms with Crippen LogP contribution in [0.1, 0.15) is 12.5 Å². The van der Waals surface area contributed by atoms with Crippen LogP contribution in [0.4, 0.5) is 5.69 Å². The third kappa shape index (κ3) is 6.26. The standard InChI is InChI=1S/C18H28N4O2S/c1-3-15-6-4-5-7-16(15)20-17(23)14-21-9-11-22(12-10-21)18(25)19-8-13-24-2/h4-7H,3,8-14H2,1-2H3,(H,19,25)(H,20,23). The lowest BCUT2D eigenvalue weighted by molar-refractivity contribution is -0.117. The summed E-state index contributed by atoms with van der Waals surface area (Å²) < 4.78 is 5.01. The van der Waals surface area contributed by atoms with Gasteiger partial charge in [-0.1, -0.05) is 25.1 Å². The lowest BCUT2D eigenvalue weighted by atomic mass is 10.1. The minimum absolute atomic E-state index is 0.0372. The normalized spacial score (nSPS) is 15.0. The van der Waals surface area contributed by atoms with Crippen LogP contribution >= 0.6 is 12.2 Å². The van der Waals surface area contributed by atoms with Crippen molar-refractivity contribution >= 4 is 28.9 Å². The largest absolute Gasteiger partial charge is 0.383 e. The first-order valence-corrected chi connectivity index (χ1v) is 9.16. The average Bonchev–Trinajstić information content (AvgIpc) is 2.63. The number of para-hydroxylation sites is 1. The average molecular weight is 365 g/mol. The second kappa shape index (κ2) is 10.3. The molecule has 0 spiro atoms. The number of rotatable bonds is 7. The van der Waals surface area contributed by atoms with Crippen LogP contribution in [0, 0.1) is 0 Å². The summed E-state index contributed by atoms with van der Waals surface area (Å²) in [6.07, 6.45) is 0.905. The molecule has 1 aliphatic rings. The summed E-state index contributed by atoms with van der Waals surface area (Å²) in [5, 5.41) is 6.98. The van der Waals surface area contributed by atoms with Gasteiger partial charge in [0.15, 0.2) is 5.11 Å². The number of aryl methyl sites for hydroxylation is 1. The molecule has 1 amide bonds. The van der Waals surface area contributed by atoms with E-state index in [1.54, 1.807) is 7.11 Å². The molecule has 0 atom stereocenters. The van der Waals surface area contributed by atoms with Crippen molar-refractivity contribution in [1.82, 2.24) is 15.1 Å². The summed E-state index contributed by atoms with van der Waals surface area (Å²) in [4.78, 5) is 16.6. The summed E-state index contributed by atoms with van der Waals surface area (Å²) in [6.45, 7) is 7.18. The minimum atomic E-state index is 0.0372. The van der Waals surface area contributed by atoms with Gasteiger partial charge in [0.2, 0.25) is 5.91 Å². The van der Waals surface area contributed by atoms with E-state index >= 15 is 0 Å². The number of benzene rings is 1. The molecule has 1 aromatic rings. The van der Waals surface area contributed by atoms with Crippen molar-refractivity contribution in [1.29, 1.82) is 0 Å². The van der Waals surface area contributed by atoms with Gasteiger partial charge in [-0.2, -0.15) is 0 Å². The van der Waals surface area contributed by atoms with Gasteiger partial charge in [-0.15, -0.1) is 0 Å². The van der Waals surface area contributed by atoms with Crippen molar-refractivity contribution in [3.05, 3.63) is 29.8 Å². The maximum absolute atomic E-state index is 12.3. The Morgan fingerprint density at radius 1 is 1.24 bits per heavy atom. The Morgan fingerprint density at radius 2 is 1.96 bits per heavy atom. The van der Waals surface area contributed by atoms with Gasteiger partial charge in [0.25, 0.3) is 0 Å². The van der Waals surface area contributed by atoms with Crippen molar-refractivity contribution in [2.75, 3.05) is 58.3 Å². The lowest BCUT2D eigenvalue weighted by Gasteiger charge is -2.35. The number of nitrogens with one attached hydrogen (secondary N) is 2. The van der Waals surface area contributed by atoms with Gasteiger partial charge in [0.05, 0.1) is 13.2 Å². The first-order chi connectivity index (χ1) is 12.1. The summed E-state index contributed by atoms with van der Waals surface area (Å²) >= 11 is 5.39. The number of thiocarbonyl (C=S) groups is 1. The maximum atomic E-state index is 12.3. The smallest absolute Gasteiger partial charge is 0.238 e. The van der Waals surface area contributed by atoms with E-state index in [9.17, 15) is 4.79 Å². The molecule has 1 saturated heterocycles. The number of piperazine rings is 1. The Hall–Kier alpha value is -1.70. The molecule has 1 heterocycles. The zero-order valence-corrected chi connectivity index (χ0v) is 15.9. The Labute approximate surface area is 155 Å². The van der Waals surface area contributed by atoms with Crippen LogP contribution in [-0.4, -0.2) is 73.8 Å². The highest BCUT2D eigenvalue weighted by Crippen LogP contribution is 2.15. The molecule has 25 heavy (non-hydrogen) atoms. The minimum Gasteiger partial charge on any atom is -0.383 e. The first kappa shape index (κ1) is 19.6. The zero-order chi connectivity index (χ0) is 18.1. The van der Waals surface area contributed by atoms with Gasteiger partial charge in [-0.3, -0.25) is 9.69 Å². The second-order valence-electron chi connectivity index (χ2n) is 6.05. The molecule has 1 aliphatic heterocycles. The molecule has 0 unspecified atom stereocenters. The number of amides is 1. The topological polar surface area (TPSA) is 56.8 Å². The van der Waals surface area contributed by atoms with E-state index < -0.39 is 0 Å².